The van der Waals surface area contributed by atoms with Gasteiger partial charge in [0.15, 0.2) is 0 Å². The molecule has 1 fully saturated rings. The lowest BCUT2D eigenvalue weighted by molar-refractivity contribution is -0.132. The van der Waals surface area contributed by atoms with Gasteiger partial charge in [-0.2, -0.15) is 0 Å². The maximum atomic E-state index is 11.5. The second-order valence-electron chi connectivity index (χ2n) is 6.56. The van der Waals surface area contributed by atoms with Crippen LogP contribution in [0.15, 0.2) is 24.3 Å². The molecule has 1 aromatic carbocycles. The van der Waals surface area contributed by atoms with E-state index in [1.807, 2.05) is 12.1 Å². The molecule has 0 aliphatic heterocycles. The van der Waals surface area contributed by atoms with E-state index in [4.69, 9.17) is 9.26 Å². The van der Waals surface area contributed by atoms with Crippen LogP contribution >= 0.6 is 7.60 Å². The van der Waals surface area contributed by atoms with Crippen molar-refractivity contribution in [1.82, 2.24) is 0 Å². The number of benzene rings is 1. The summed E-state index contributed by atoms with van der Waals surface area (Å²) in [5.41, 5.74) is 0.874. The Bertz CT molecular complexity index is 588. The van der Waals surface area contributed by atoms with Crippen LogP contribution in [0.1, 0.15) is 31.2 Å². The van der Waals surface area contributed by atoms with Gasteiger partial charge in [0.05, 0.1) is 18.3 Å². The molecule has 1 aliphatic rings. The number of aromatic hydroxyl groups is 1. The predicted molar refractivity (Wildman–Crippen MR) is 92.7 cm³/mol. The van der Waals surface area contributed by atoms with Gasteiger partial charge in [0.1, 0.15) is 11.9 Å². The molecule has 0 aromatic heterocycles. The summed E-state index contributed by atoms with van der Waals surface area (Å²) in [5, 5.41) is 29.5. The summed E-state index contributed by atoms with van der Waals surface area (Å²) in [6.07, 6.45) is -0.760. The number of aryl methyl sites for hydroxylation is 1. The SMILES string of the molecule is CP(=O)(O)O[C@@H]1[C@H](O)C[C@@H](O)C[C@H]1OCCCCc1ccccc1O. The minimum atomic E-state index is -3.77. The molecule has 1 aliphatic carbocycles. The Morgan fingerprint density at radius 2 is 1.92 bits per heavy atom. The van der Waals surface area contributed by atoms with Gasteiger partial charge in [0, 0.05) is 26.1 Å². The first-order valence-corrected chi connectivity index (χ1v) is 10.5. The number of aliphatic hydroxyl groups is 2. The summed E-state index contributed by atoms with van der Waals surface area (Å²) in [7, 11) is -3.77. The molecule has 142 valence electrons. The average Bonchev–Trinajstić information content (AvgIpc) is 2.51. The lowest BCUT2D eigenvalue weighted by atomic mass is 9.90. The molecule has 7 nitrogen and oxygen atoms in total. The van der Waals surface area contributed by atoms with E-state index < -0.39 is 32.0 Å². The lowest BCUT2D eigenvalue weighted by Gasteiger charge is -2.37. The van der Waals surface area contributed by atoms with Crippen molar-refractivity contribution in [1.29, 1.82) is 0 Å². The van der Waals surface area contributed by atoms with Crippen molar-refractivity contribution in [3.05, 3.63) is 29.8 Å². The van der Waals surface area contributed by atoms with Gasteiger partial charge in [-0.05, 0) is 30.9 Å². The Labute approximate surface area is 147 Å². The third-order valence-electron chi connectivity index (χ3n) is 4.24. The first-order valence-electron chi connectivity index (χ1n) is 8.49. The molecule has 0 saturated heterocycles. The highest BCUT2D eigenvalue weighted by molar-refractivity contribution is 7.51. The first-order chi connectivity index (χ1) is 11.8. The molecule has 25 heavy (non-hydrogen) atoms. The van der Waals surface area contributed by atoms with Crippen LogP contribution < -0.4 is 0 Å². The molecule has 0 radical (unpaired) electrons. The maximum absolute atomic E-state index is 11.5. The highest BCUT2D eigenvalue weighted by Gasteiger charge is 2.40. The standard InChI is InChI=1S/C17H27O7P/c1-25(21,22)24-17-15(20)10-13(18)11-16(17)23-9-5-4-7-12-6-2-3-8-14(12)19/h2-3,6,8,13,15-20H,4-5,7,9-11H2,1H3,(H,21,22)/t13-,15-,16-,17-/m1/s1. The summed E-state index contributed by atoms with van der Waals surface area (Å²) >= 11 is 0. The predicted octanol–water partition coefficient (Wildman–Crippen LogP) is 1.82. The van der Waals surface area contributed by atoms with Crippen LogP contribution in [0.2, 0.25) is 0 Å². The van der Waals surface area contributed by atoms with Gasteiger partial charge in [0.25, 0.3) is 0 Å². The zero-order chi connectivity index (χ0) is 18.4. The van der Waals surface area contributed by atoms with E-state index in [-0.39, 0.29) is 18.6 Å². The molecule has 0 heterocycles. The molecule has 5 atom stereocenters. The molecule has 2 rings (SSSR count). The minimum absolute atomic E-state index is 0.0951. The zero-order valence-corrected chi connectivity index (χ0v) is 15.2. The highest BCUT2D eigenvalue weighted by atomic mass is 31.2. The Morgan fingerprint density at radius 1 is 1.20 bits per heavy atom. The second-order valence-corrected chi connectivity index (χ2v) is 8.38. The number of hydrogen-bond acceptors (Lipinski definition) is 6. The van der Waals surface area contributed by atoms with Crippen molar-refractivity contribution in [3.8, 4) is 5.75 Å². The van der Waals surface area contributed by atoms with Crippen LogP contribution in [0.5, 0.6) is 5.75 Å². The molecule has 0 bridgehead atoms. The van der Waals surface area contributed by atoms with Gasteiger partial charge in [-0.15, -0.1) is 0 Å². The van der Waals surface area contributed by atoms with Crippen molar-refractivity contribution >= 4 is 7.60 Å². The molecule has 0 spiro atoms. The Kier molecular flexibility index (Phi) is 7.43. The first kappa shape index (κ1) is 20.4. The van der Waals surface area contributed by atoms with Crippen LogP contribution in [0.3, 0.4) is 0 Å². The summed E-state index contributed by atoms with van der Waals surface area (Å²) < 4.78 is 22.3. The molecule has 1 unspecified atom stereocenters. The van der Waals surface area contributed by atoms with E-state index >= 15 is 0 Å². The molecular weight excluding hydrogens is 347 g/mol. The summed E-state index contributed by atoms with van der Waals surface area (Å²) in [4.78, 5) is 9.41. The average molecular weight is 374 g/mol. The number of rotatable bonds is 8. The van der Waals surface area contributed by atoms with Crippen LogP contribution in [-0.4, -0.2) is 57.9 Å². The zero-order valence-electron chi connectivity index (χ0n) is 14.3. The van der Waals surface area contributed by atoms with Crippen molar-refractivity contribution in [2.24, 2.45) is 0 Å². The number of para-hydroxylation sites is 1. The number of hydrogen-bond donors (Lipinski definition) is 4. The third kappa shape index (κ3) is 6.70. The van der Waals surface area contributed by atoms with Crippen LogP contribution in [-0.2, 0) is 20.2 Å². The largest absolute Gasteiger partial charge is 0.508 e. The van der Waals surface area contributed by atoms with Crippen molar-refractivity contribution in [2.45, 2.75) is 56.5 Å². The second kappa shape index (κ2) is 9.12. The van der Waals surface area contributed by atoms with Gasteiger partial charge in [-0.25, -0.2) is 0 Å². The fourth-order valence-electron chi connectivity index (χ4n) is 3.06. The monoisotopic (exact) mass is 374 g/mol. The van der Waals surface area contributed by atoms with Gasteiger partial charge >= 0.3 is 7.60 Å². The normalized spacial score (nSPS) is 29.3. The van der Waals surface area contributed by atoms with Crippen molar-refractivity contribution in [2.75, 3.05) is 13.3 Å². The van der Waals surface area contributed by atoms with Gasteiger partial charge in [-0.3, -0.25) is 4.57 Å². The van der Waals surface area contributed by atoms with E-state index in [1.165, 1.54) is 0 Å². The van der Waals surface area contributed by atoms with Gasteiger partial charge in [-0.1, -0.05) is 18.2 Å². The quantitative estimate of drug-likeness (QED) is 0.405. The molecule has 0 amide bonds. The minimum Gasteiger partial charge on any atom is -0.508 e. The van der Waals surface area contributed by atoms with Gasteiger partial charge < -0.3 is 29.5 Å². The Morgan fingerprint density at radius 3 is 2.60 bits per heavy atom. The Balaban J connectivity index is 1.80. The smallest absolute Gasteiger partial charge is 0.325 e. The lowest BCUT2D eigenvalue weighted by Crippen LogP contribution is -2.48. The number of aliphatic hydroxyl groups excluding tert-OH is 2. The number of phenols is 1. The summed E-state index contributed by atoms with van der Waals surface area (Å²) in [6.45, 7) is 1.44. The van der Waals surface area contributed by atoms with Gasteiger partial charge in [0.2, 0.25) is 0 Å². The third-order valence-corrected chi connectivity index (χ3v) is 4.88. The van der Waals surface area contributed by atoms with E-state index in [9.17, 15) is 24.8 Å². The number of ether oxygens (including phenoxy) is 1. The van der Waals surface area contributed by atoms with E-state index in [1.54, 1.807) is 12.1 Å². The highest BCUT2D eigenvalue weighted by Crippen LogP contribution is 2.42. The maximum Gasteiger partial charge on any atom is 0.325 e. The Hall–Kier alpha value is -0.950. The van der Waals surface area contributed by atoms with E-state index in [0.29, 0.717) is 19.4 Å². The summed E-state index contributed by atoms with van der Waals surface area (Å²) in [6, 6.07) is 7.16. The molecule has 1 saturated carbocycles. The van der Waals surface area contributed by atoms with E-state index in [0.717, 1.165) is 18.6 Å². The summed E-state index contributed by atoms with van der Waals surface area (Å²) in [5.74, 6) is 0.275. The van der Waals surface area contributed by atoms with Crippen LogP contribution in [0.25, 0.3) is 0 Å². The van der Waals surface area contributed by atoms with E-state index in [2.05, 4.69) is 0 Å². The number of unbranched alkanes of at least 4 members (excludes halogenated alkanes) is 1. The van der Waals surface area contributed by atoms with Crippen LogP contribution in [0.4, 0.5) is 0 Å². The fraction of sp³-hybridized carbons (Fsp3) is 0.647. The number of phenolic OH excluding ortho intramolecular Hbond substituents is 1. The van der Waals surface area contributed by atoms with Crippen LogP contribution in [0, 0.1) is 0 Å². The fourth-order valence-corrected chi connectivity index (χ4v) is 3.79. The topological polar surface area (TPSA) is 116 Å². The van der Waals surface area contributed by atoms with Crippen molar-refractivity contribution < 1.29 is 34.0 Å². The van der Waals surface area contributed by atoms with Crippen molar-refractivity contribution in [3.63, 3.8) is 0 Å². The molecule has 8 heteroatoms. The molecular formula is C17H27O7P. The molecule has 4 N–H and O–H groups in total. The molecule has 1 aromatic rings.